The van der Waals surface area contributed by atoms with Crippen molar-refractivity contribution < 1.29 is 22.8 Å². The van der Waals surface area contributed by atoms with Crippen molar-refractivity contribution in [2.24, 2.45) is 5.73 Å². The Bertz CT molecular complexity index is 932. The number of nitrogens with zero attached hydrogens (tertiary/aromatic N) is 4. The number of nitrogens with one attached hydrogen (secondary N) is 1. The van der Waals surface area contributed by atoms with Crippen LogP contribution in [0.4, 0.5) is 18.9 Å². The second kappa shape index (κ2) is 7.22. The van der Waals surface area contributed by atoms with Crippen LogP contribution in [0, 0.1) is 0 Å². The molecule has 1 saturated carbocycles. The fourth-order valence-electron chi connectivity index (χ4n) is 2.95. The Hall–Kier alpha value is -2.37. The summed E-state index contributed by atoms with van der Waals surface area (Å²) in [7, 11) is 0. The van der Waals surface area contributed by atoms with E-state index in [1.807, 2.05) is 0 Å². The summed E-state index contributed by atoms with van der Waals surface area (Å²) in [4.78, 5) is 24.3. The molecule has 152 valence electrons. The molecule has 0 aromatic carbocycles. The van der Waals surface area contributed by atoms with E-state index in [0.717, 1.165) is 17.5 Å². The van der Waals surface area contributed by atoms with Gasteiger partial charge in [-0.25, -0.2) is 0 Å². The number of halogens is 4. The molecule has 2 heterocycles. The summed E-state index contributed by atoms with van der Waals surface area (Å²) in [5.74, 6) is -1.50. The van der Waals surface area contributed by atoms with E-state index >= 15 is 0 Å². The van der Waals surface area contributed by atoms with Crippen molar-refractivity contribution in [3.8, 4) is 0 Å². The molecule has 1 fully saturated rings. The minimum atomic E-state index is -4.65. The summed E-state index contributed by atoms with van der Waals surface area (Å²) in [6, 6.07) is -1.05. The predicted octanol–water partition coefficient (Wildman–Crippen LogP) is 3.06. The molecule has 8 nitrogen and oxygen atoms in total. The van der Waals surface area contributed by atoms with Crippen LogP contribution in [0.2, 0.25) is 0 Å². The van der Waals surface area contributed by atoms with Crippen molar-refractivity contribution >= 4 is 33.4 Å². The van der Waals surface area contributed by atoms with E-state index in [1.54, 1.807) is 6.92 Å². The first-order valence-electron chi connectivity index (χ1n) is 8.57. The minimum absolute atomic E-state index is 0.0168. The van der Waals surface area contributed by atoms with Crippen molar-refractivity contribution in [1.29, 1.82) is 0 Å². The molecule has 3 rings (SSSR count). The van der Waals surface area contributed by atoms with Gasteiger partial charge >= 0.3 is 6.18 Å². The molecule has 1 unspecified atom stereocenters. The number of carbonyl (C=O) groups excluding carboxylic acids is 2. The van der Waals surface area contributed by atoms with Crippen LogP contribution in [0.3, 0.4) is 0 Å². The number of primary amides is 1. The maximum atomic E-state index is 13.3. The van der Waals surface area contributed by atoms with Gasteiger partial charge in [0.25, 0.3) is 5.91 Å². The van der Waals surface area contributed by atoms with Gasteiger partial charge < -0.3 is 11.1 Å². The Kier molecular flexibility index (Phi) is 5.26. The fourth-order valence-corrected chi connectivity index (χ4v) is 3.76. The van der Waals surface area contributed by atoms with Gasteiger partial charge in [-0.05, 0) is 42.6 Å². The summed E-state index contributed by atoms with van der Waals surface area (Å²) in [6.45, 7) is 3.54. The lowest BCUT2D eigenvalue weighted by atomic mass is 10.2. The number of rotatable bonds is 6. The standard InChI is InChI=1S/C16H18BrF3N6O2/c1-3-25-12(14(21)27)9(6-22-25)23-15(28)7(2)26-11(8-4-5-8)10(17)13(24-26)16(18,19)20/h6-8H,3-5H2,1-2H3,(H2,21,27)(H,23,28). The van der Waals surface area contributed by atoms with Crippen LogP contribution in [0.1, 0.15) is 60.5 Å². The topological polar surface area (TPSA) is 108 Å². The average molecular weight is 463 g/mol. The molecule has 28 heavy (non-hydrogen) atoms. The zero-order chi connectivity index (χ0) is 20.8. The fraction of sp³-hybridized carbons (Fsp3) is 0.500. The molecule has 2 amide bonds. The molecule has 1 aliphatic carbocycles. The van der Waals surface area contributed by atoms with Crippen LogP contribution in [0.5, 0.6) is 0 Å². The van der Waals surface area contributed by atoms with E-state index in [4.69, 9.17) is 5.73 Å². The number of anilines is 1. The SMILES string of the molecule is CCn1ncc(NC(=O)C(C)n2nc(C(F)(F)F)c(Br)c2C2CC2)c1C(N)=O. The maximum Gasteiger partial charge on any atom is 0.436 e. The lowest BCUT2D eigenvalue weighted by molar-refractivity contribution is -0.142. The second-order valence-corrected chi connectivity index (χ2v) is 7.31. The summed E-state index contributed by atoms with van der Waals surface area (Å²) >= 11 is 3.00. The highest BCUT2D eigenvalue weighted by Crippen LogP contribution is 2.47. The van der Waals surface area contributed by atoms with Gasteiger partial charge in [0, 0.05) is 12.5 Å². The highest BCUT2D eigenvalue weighted by Gasteiger charge is 2.43. The van der Waals surface area contributed by atoms with Crippen molar-refractivity contribution in [3.05, 3.63) is 27.8 Å². The number of alkyl halides is 3. The first-order chi connectivity index (χ1) is 13.1. The van der Waals surface area contributed by atoms with Crippen LogP contribution in [0.25, 0.3) is 0 Å². The summed E-state index contributed by atoms with van der Waals surface area (Å²) in [6.07, 6.45) is -1.92. The molecule has 12 heteroatoms. The Morgan fingerprint density at radius 2 is 2.07 bits per heavy atom. The number of amides is 2. The van der Waals surface area contributed by atoms with Crippen LogP contribution < -0.4 is 11.1 Å². The smallest absolute Gasteiger partial charge is 0.364 e. The van der Waals surface area contributed by atoms with Crippen LogP contribution in [-0.4, -0.2) is 31.4 Å². The Morgan fingerprint density at radius 3 is 2.57 bits per heavy atom. The van der Waals surface area contributed by atoms with Crippen LogP contribution in [0.15, 0.2) is 10.7 Å². The number of hydrogen-bond donors (Lipinski definition) is 2. The van der Waals surface area contributed by atoms with E-state index < -0.39 is 29.7 Å². The summed E-state index contributed by atoms with van der Waals surface area (Å²) in [5, 5.41) is 10.1. The molecule has 0 aliphatic heterocycles. The number of carbonyl (C=O) groups is 2. The van der Waals surface area contributed by atoms with Crippen molar-refractivity contribution in [1.82, 2.24) is 19.6 Å². The normalized spacial score (nSPS) is 15.5. The monoisotopic (exact) mass is 462 g/mol. The third-order valence-electron chi connectivity index (χ3n) is 4.50. The first kappa shape index (κ1) is 20.4. The third kappa shape index (κ3) is 3.64. The van der Waals surface area contributed by atoms with E-state index in [9.17, 15) is 22.8 Å². The van der Waals surface area contributed by atoms with Crippen molar-refractivity contribution in [2.75, 3.05) is 5.32 Å². The van der Waals surface area contributed by atoms with Crippen molar-refractivity contribution in [2.45, 2.75) is 51.4 Å². The first-order valence-corrected chi connectivity index (χ1v) is 9.37. The van der Waals surface area contributed by atoms with Gasteiger partial charge in [-0.15, -0.1) is 0 Å². The van der Waals surface area contributed by atoms with E-state index in [0.29, 0.717) is 12.2 Å². The Balaban J connectivity index is 1.93. The largest absolute Gasteiger partial charge is 0.436 e. The molecular weight excluding hydrogens is 445 g/mol. The van der Waals surface area contributed by atoms with Gasteiger partial charge in [0.05, 0.1) is 22.1 Å². The van der Waals surface area contributed by atoms with Crippen molar-refractivity contribution in [3.63, 3.8) is 0 Å². The molecule has 0 radical (unpaired) electrons. The predicted molar refractivity (Wildman–Crippen MR) is 96.7 cm³/mol. The van der Waals surface area contributed by atoms with E-state index in [2.05, 4.69) is 31.4 Å². The van der Waals surface area contributed by atoms with Gasteiger partial charge in [-0.3, -0.25) is 19.0 Å². The second-order valence-electron chi connectivity index (χ2n) is 6.52. The lowest BCUT2D eigenvalue weighted by Crippen LogP contribution is -2.27. The maximum absolute atomic E-state index is 13.3. The third-order valence-corrected chi connectivity index (χ3v) is 5.28. The Morgan fingerprint density at radius 1 is 1.43 bits per heavy atom. The van der Waals surface area contributed by atoms with Crippen LogP contribution >= 0.6 is 15.9 Å². The van der Waals surface area contributed by atoms with Gasteiger partial charge in [-0.1, -0.05) is 0 Å². The molecule has 1 atom stereocenters. The molecule has 0 spiro atoms. The zero-order valence-corrected chi connectivity index (χ0v) is 16.6. The minimum Gasteiger partial charge on any atom is -0.364 e. The molecular formula is C16H18BrF3N6O2. The lowest BCUT2D eigenvalue weighted by Gasteiger charge is -2.16. The van der Waals surface area contributed by atoms with Gasteiger partial charge in [0.15, 0.2) is 5.69 Å². The van der Waals surface area contributed by atoms with E-state index in [1.165, 1.54) is 17.8 Å². The summed E-state index contributed by atoms with van der Waals surface area (Å²) in [5.41, 5.74) is 4.73. The van der Waals surface area contributed by atoms with Crippen LogP contribution in [-0.2, 0) is 17.5 Å². The molecule has 1 aliphatic rings. The number of aromatic nitrogens is 4. The summed E-state index contributed by atoms with van der Waals surface area (Å²) < 4.78 is 42.0. The molecule has 0 bridgehead atoms. The number of nitrogens with two attached hydrogens (primary N) is 1. The number of hydrogen-bond acceptors (Lipinski definition) is 4. The van der Waals surface area contributed by atoms with Gasteiger partial charge in [0.2, 0.25) is 5.91 Å². The highest BCUT2D eigenvalue weighted by atomic mass is 79.9. The Labute approximate surface area is 166 Å². The van der Waals surface area contributed by atoms with Gasteiger partial charge in [-0.2, -0.15) is 23.4 Å². The molecule has 0 saturated heterocycles. The molecule has 2 aromatic rings. The molecule has 3 N–H and O–H groups in total. The quantitative estimate of drug-likeness (QED) is 0.687. The van der Waals surface area contributed by atoms with E-state index in [-0.39, 0.29) is 21.8 Å². The highest BCUT2D eigenvalue weighted by molar-refractivity contribution is 9.10. The van der Waals surface area contributed by atoms with Gasteiger partial charge in [0.1, 0.15) is 11.7 Å². The number of aryl methyl sites for hydroxylation is 1. The molecule has 2 aromatic heterocycles. The average Bonchev–Trinajstić information content (AvgIpc) is 3.25. The zero-order valence-electron chi connectivity index (χ0n) is 15.0.